The zero-order valence-corrected chi connectivity index (χ0v) is 13.6. The van der Waals surface area contributed by atoms with Crippen molar-refractivity contribution in [2.75, 3.05) is 12.4 Å². The smallest absolute Gasteiger partial charge is 0.280 e. The van der Waals surface area contributed by atoms with Crippen molar-refractivity contribution in [1.82, 2.24) is 9.78 Å². The summed E-state index contributed by atoms with van der Waals surface area (Å²) in [4.78, 5) is 12.3. The van der Waals surface area contributed by atoms with E-state index in [1.54, 1.807) is 12.1 Å². The third-order valence-corrected chi connectivity index (χ3v) is 3.97. The molecule has 1 saturated carbocycles. The number of anilines is 1. The second kappa shape index (κ2) is 6.59. The summed E-state index contributed by atoms with van der Waals surface area (Å²) < 4.78 is 32.6. The van der Waals surface area contributed by atoms with E-state index in [9.17, 15) is 13.6 Å². The van der Waals surface area contributed by atoms with E-state index in [4.69, 9.17) is 4.74 Å². The van der Waals surface area contributed by atoms with Crippen molar-refractivity contribution in [3.8, 4) is 5.75 Å². The molecule has 0 aliphatic heterocycles. The molecule has 1 amide bonds. The zero-order valence-electron chi connectivity index (χ0n) is 13.6. The Bertz CT molecular complexity index is 754. The van der Waals surface area contributed by atoms with Crippen molar-refractivity contribution < 1.29 is 18.3 Å². The summed E-state index contributed by atoms with van der Waals surface area (Å²) in [7, 11) is 1.50. The second-order valence-corrected chi connectivity index (χ2v) is 5.98. The van der Waals surface area contributed by atoms with Crippen LogP contribution in [-0.2, 0) is 11.3 Å². The van der Waals surface area contributed by atoms with Crippen LogP contribution < -0.4 is 10.1 Å². The van der Waals surface area contributed by atoms with E-state index in [2.05, 4.69) is 10.4 Å². The third-order valence-electron chi connectivity index (χ3n) is 3.97. The Labute approximate surface area is 138 Å². The van der Waals surface area contributed by atoms with Gasteiger partial charge < -0.3 is 10.1 Å². The molecule has 2 aromatic rings. The first kappa shape index (κ1) is 16.4. The monoisotopic (exact) mass is 335 g/mol. The van der Waals surface area contributed by atoms with Crippen LogP contribution in [0.15, 0.2) is 24.3 Å². The number of carbonyl (C=O) groups excluding carboxylic acids is 1. The van der Waals surface area contributed by atoms with Crippen molar-refractivity contribution in [2.24, 2.45) is 0 Å². The maximum atomic E-state index is 13.2. The van der Waals surface area contributed by atoms with E-state index >= 15 is 0 Å². The molecule has 7 heteroatoms. The Hall–Kier alpha value is -2.44. The molecule has 1 N–H and O–H groups in total. The second-order valence-electron chi connectivity index (χ2n) is 5.98. The van der Waals surface area contributed by atoms with Crippen LogP contribution in [0.4, 0.5) is 14.5 Å². The summed E-state index contributed by atoms with van der Waals surface area (Å²) in [6.07, 6.45) is -0.732. The molecule has 0 spiro atoms. The fourth-order valence-corrected chi connectivity index (χ4v) is 2.58. The van der Waals surface area contributed by atoms with Crippen LogP contribution in [-0.4, -0.2) is 22.8 Å². The van der Waals surface area contributed by atoms with E-state index in [1.807, 2.05) is 13.0 Å². The van der Waals surface area contributed by atoms with Gasteiger partial charge in [-0.1, -0.05) is 6.07 Å². The van der Waals surface area contributed by atoms with E-state index in [0.29, 0.717) is 17.1 Å². The van der Waals surface area contributed by atoms with Crippen molar-refractivity contribution in [1.29, 1.82) is 0 Å². The summed E-state index contributed by atoms with van der Waals surface area (Å²) in [6.45, 7) is 1.63. The molecule has 1 fully saturated rings. The van der Waals surface area contributed by atoms with Gasteiger partial charge in [0.1, 0.15) is 18.0 Å². The molecule has 3 rings (SSSR count). The van der Waals surface area contributed by atoms with Crippen LogP contribution in [0.2, 0.25) is 0 Å². The Kier molecular flexibility index (Phi) is 4.51. The number of methoxy groups -OCH3 is 1. The molecule has 0 bridgehead atoms. The highest BCUT2D eigenvalue weighted by molar-refractivity contribution is 5.92. The first-order chi connectivity index (χ1) is 11.5. The first-order valence-electron chi connectivity index (χ1n) is 7.78. The Morgan fingerprint density at radius 3 is 2.79 bits per heavy atom. The van der Waals surface area contributed by atoms with Gasteiger partial charge in [-0.15, -0.1) is 0 Å². The molecule has 24 heavy (non-hydrogen) atoms. The van der Waals surface area contributed by atoms with Gasteiger partial charge in [0.2, 0.25) is 5.91 Å². The lowest BCUT2D eigenvalue weighted by atomic mass is 10.2. The summed E-state index contributed by atoms with van der Waals surface area (Å²) in [5.74, 6) is 0.345. The van der Waals surface area contributed by atoms with Crippen LogP contribution in [0.5, 0.6) is 5.75 Å². The minimum Gasteiger partial charge on any atom is -0.495 e. The number of aryl methyl sites for hydroxylation is 1. The summed E-state index contributed by atoms with van der Waals surface area (Å²) in [5.41, 5.74) is 1.89. The molecular formula is C17H19F2N3O2. The third kappa shape index (κ3) is 3.55. The average Bonchev–Trinajstić information content (AvgIpc) is 3.28. The lowest BCUT2D eigenvalue weighted by molar-refractivity contribution is -0.117. The number of amides is 1. The number of carbonyl (C=O) groups is 1. The highest BCUT2D eigenvalue weighted by atomic mass is 19.3. The van der Waals surface area contributed by atoms with E-state index in [0.717, 1.165) is 23.1 Å². The number of aromatic nitrogens is 2. The van der Waals surface area contributed by atoms with Crippen LogP contribution in [0.3, 0.4) is 0 Å². The summed E-state index contributed by atoms with van der Waals surface area (Å²) in [6, 6.07) is 6.78. The zero-order chi connectivity index (χ0) is 17.3. The van der Waals surface area contributed by atoms with E-state index in [1.165, 1.54) is 13.2 Å². The molecule has 0 unspecified atom stereocenters. The van der Waals surface area contributed by atoms with E-state index < -0.39 is 12.3 Å². The Morgan fingerprint density at radius 1 is 1.42 bits per heavy atom. The Balaban J connectivity index is 1.76. The number of benzene rings is 1. The number of hydrogen-bond acceptors (Lipinski definition) is 3. The van der Waals surface area contributed by atoms with Crippen molar-refractivity contribution in [3.63, 3.8) is 0 Å². The number of rotatable bonds is 6. The van der Waals surface area contributed by atoms with Crippen molar-refractivity contribution in [2.45, 2.75) is 38.7 Å². The van der Waals surface area contributed by atoms with Gasteiger partial charge in [0, 0.05) is 5.92 Å². The minimum absolute atomic E-state index is 0.219. The van der Waals surface area contributed by atoms with Crippen LogP contribution in [0.1, 0.15) is 42.1 Å². The standard InChI is InChI=1S/C17H19F2N3O2/c1-10-3-6-15(24-2)13(7-10)20-16(23)9-22-14(17(18)19)8-12(21-22)11-4-5-11/h3,6-8,11,17H,4-5,9H2,1-2H3,(H,20,23). The highest BCUT2D eigenvalue weighted by Crippen LogP contribution is 2.40. The maximum Gasteiger partial charge on any atom is 0.280 e. The summed E-state index contributed by atoms with van der Waals surface area (Å²) in [5, 5.41) is 6.88. The number of halogens is 2. The molecule has 1 aliphatic carbocycles. The van der Waals surface area contributed by atoms with Gasteiger partial charge in [-0.2, -0.15) is 5.10 Å². The van der Waals surface area contributed by atoms with Crippen molar-refractivity contribution in [3.05, 3.63) is 41.2 Å². The van der Waals surface area contributed by atoms with Gasteiger partial charge in [0.25, 0.3) is 6.43 Å². The lowest BCUT2D eigenvalue weighted by Gasteiger charge is -2.12. The molecule has 5 nitrogen and oxygen atoms in total. The molecule has 128 valence electrons. The summed E-state index contributed by atoms with van der Waals surface area (Å²) >= 11 is 0. The van der Waals surface area contributed by atoms with Crippen LogP contribution in [0.25, 0.3) is 0 Å². The number of nitrogens with one attached hydrogen (secondary N) is 1. The quantitative estimate of drug-likeness (QED) is 0.876. The number of alkyl halides is 2. The SMILES string of the molecule is COc1ccc(C)cc1NC(=O)Cn1nc(C2CC2)cc1C(F)F. The fourth-order valence-electron chi connectivity index (χ4n) is 2.58. The fraction of sp³-hybridized carbons (Fsp3) is 0.412. The van der Waals surface area contributed by atoms with Gasteiger partial charge in [0.05, 0.1) is 18.5 Å². The average molecular weight is 335 g/mol. The van der Waals surface area contributed by atoms with Gasteiger partial charge in [0.15, 0.2) is 0 Å². The van der Waals surface area contributed by atoms with Gasteiger partial charge in [-0.25, -0.2) is 8.78 Å². The molecule has 0 saturated heterocycles. The number of hydrogen-bond donors (Lipinski definition) is 1. The van der Waals surface area contributed by atoms with Crippen LogP contribution >= 0.6 is 0 Å². The van der Waals surface area contributed by atoms with Gasteiger partial charge in [-0.05, 0) is 43.5 Å². The number of nitrogens with zero attached hydrogens (tertiary/aromatic N) is 2. The minimum atomic E-state index is -2.66. The highest BCUT2D eigenvalue weighted by Gasteiger charge is 2.29. The molecule has 0 radical (unpaired) electrons. The molecule has 0 atom stereocenters. The van der Waals surface area contributed by atoms with E-state index in [-0.39, 0.29) is 18.2 Å². The maximum absolute atomic E-state index is 13.2. The molecule has 1 aromatic heterocycles. The predicted molar refractivity (Wildman–Crippen MR) is 85.5 cm³/mol. The molecule has 1 aromatic carbocycles. The van der Waals surface area contributed by atoms with Crippen LogP contribution in [0, 0.1) is 6.92 Å². The van der Waals surface area contributed by atoms with Gasteiger partial charge in [-0.3, -0.25) is 9.48 Å². The van der Waals surface area contributed by atoms with Crippen molar-refractivity contribution >= 4 is 11.6 Å². The Morgan fingerprint density at radius 2 is 2.17 bits per heavy atom. The normalized spacial score (nSPS) is 14.0. The molecule has 1 heterocycles. The first-order valence-corrected chi connectivity index (χ1v) is 7.78. The lowest BCUT2D eigenvalue weighted by Crippen LogP contribution is -2.21. The molecule has 1 aliphatic rings. The predicted octanol–water partition coefficient (Wildman–Crippen LogP) is 3.65. The molecular weight excluding hydrogens is 316 g/mol. The largest absolute Gasteiger partial charge is 0.495 e. The van der Waals surface area contributed by atoms with Gasteiger partial charge >= 0.3 is 0 Å². The number of ether oxygens (including phenoxy) is 1. The topological polar surface area (TPSA) is 56.1 Å².